The summed E-state index contributed by atoms with van der Waals surface area (Å²) in [5.74, 6) is 0.108. The number of carbonyl (C=O) groups is 2. The number of hydrogen-bond donors (Lipinski definition) is 6. The third kappa shape index (κ3) is 8.66. The van der Waals surface area contributed by atoms with Gasteiger partial charge in [0.05, 0.1) is 18.2 Å². The average Bonchev–Trinajstić information content (AvgIpc) is 2.97. The molecule has 8 heteroatoms. The van der Waals surface area contributed by atoms with E-state index in [2.05, 4.69) is 16.0 Å². The van der Waals surface area contributed by atoms with E-state index in [-0.39, 0.29) is 35.6 Å². The summed E-state index contributed by atoms with van der Waals surface area (Å²) in [5, 5.41) is 38.5. The Bertz CT molecular complexity index is 1450. The van der Waals surface area contributed by atoms with Gasteiger partial charge in [0.15, 0.2) is 0 Å². The van der Waals surface area contributed by atoms with Crippen LogP contribution in [0.2, 0.25) is 0 Å². The van der Waals surface area contributed by atoms with E-state index in [1.165, 1.54) is 6.07 Å². The predicted molar refractivity (Wildman–Crippen MR) is 159 cm³/mol. The Morgan fingerprint density at radius 1 is 0.854 bits per heavy atom. The molecule has 4 rings (SSSR count). The number of benzene rings is 4. The van der Waals surface area contributed by atoms with Gasteiger partial charge in [0.1, 0.15) is 11.5 Å². The van der Waals surface area contributed by atoms with Crippen molar-refractivity contribution in [1.29, 1.82) is 0 Å². The summed E-state index contributed by atoms with van der Waals surface area (Å²) in [7, 11) is 0. The lowest BCUT2D eigenvalue weighted by Crippen LogP contribution is -2.32. The first-order valence-electron chi connectivity index (χ1n) is 13.5. The van der Waals surface area contributed by atoms with Gasteiger partial charge in [0, 0.05) is 19.1 Å². The van der Waals surface area contributed by atoms with Crippen LogP contribution in [0.15, 0.2) is 91.0 Å². The summed E-state index contributed by atoms with van der Waals surface area (Å²) in [6.45, 7) is 2.76. The Labute approximate surface area is 239 Å². The second-order valence-corrected chi connectivity index (χ2v) is 10.1. The van der Waals surface area contributed by atoms with Gasteiger partial charge < -0.3 is 31.3 Å². The number of amides is 2. The van der Waals surface area contributed by atoms with Gasteiger partial charge in [-0.2, -0.15) is 0 Å². The van der Waals surface area contributed by atoms with Gasteiger partial charge in [-0.3, -0.25) is 9.59 Å². The number of nitrogens with one attached hydrogen (secondary N) is 3. The second-order valence-electron chi connectivity index (χ2n) is 10.1. The molecule has 0 saturated carbocycles. The normalized spacial score (nSPS) is 12.3. The Morgan fingerprint density at radius 2 is 1.54 bits per heavy atom. The van der Waals surface area contributed by atoms with Gasteiger partial charge in [0.2, 0.25) is 12.3 Å². The third-order valence-corrected chi connectivity index (χ3v) is 6.82. The van der Waals surface area contributed by atoms with Crippen LogP contribution in [0.1, 0.15) is 35.3 Å². The smallest absolute Gasteiger partial charge is 0.224 e. The number of aliphatic hydroxyl groups is 1. The molecule has 2 amide bonds. The molecule has 0 heterocycles. The van der Waals surface area contributed by atoms with Crippen LogP contribution in [-0.2, 0) is 29.0 Å². The van der Waals surface area contributed by atoms with Crippen molar-refractivity contribution >= 4 is 18.0 Å². The molecule has 4 aromatic rings. The summed E-state index contributed by atoms with van der Waals surface area (Å²) >= 11 is 0. The molecule has 8 nitrogen and oxygen atoms in total. The largest absolute Gasteiger partial charge is 0.508 e. The molecule has 0 saturated heterocycles. The van der Waals surface area contributed by atoms with E-state index < -0.39 is 6.10 Å². The maximum atomic E-state index is 12.6. The molecular weight excluding hydrogens is 518 g/mol. The maximum Gasteiger partial charge on any atom is 0.224 e. The molecule has 41 heavy (non-hydrogen) atoms. The van der Waals surface area contributed by atoms with Crippen LogP contribution in [0.3, 0.4) is 0 Å². The Hall–Kier alpha value is -4.66. The van der Waals surface area contributed by atoms with E-state index in [0.29, 0.717) is 31.5 Å². The fraction of sp³-hybridized carbons (Fsp3) is 0.212. The molecule has 212 valence electrons. The van der Waals surface area contributed by atoms with E-state index in [1.807, 2.05) is 67.6 Å². The van der Waals surface area contributed by atoms with Crippen molar-refractivity contribution in [2.75, 3.05) is 11.9 Å². The van der Waals surface area contributed by atoms with E-state index in [4.69, 9.17) is 0 Å². The molecule has 0 spiro atoms. The molecule has 2 atom stereocenters. The molecule has 0 aliphatic heterocycles. The van der Waals surface area contributed by atoms with E-state index in [1.54, 1.807) is 24.3 Å². The van der Waals surface area contributed by atoms with Gasteiger partial charge in [-0.25, -0.2) is 0 Å². The minimum absolute atomic E-state index is 0.0583. The minimum Gasteiger partial charge on any atom is -0.508 e. The number of anilines is 1. The van der Waals surface area contributed by atoms with Gasteiger partial charge in [-0.1, -0.05) is 66.7 Å². The molecule has 0 radical (unpaired) electrons. The van der Waals surface area contributed by atoms with Crippen molar-refractivity contribution in [2.45, 2.75) is 38.5 Å². The van der Waals surface area contributed by atoms with Crippen LogP contribution < -0.4 is 16.0 Å². The fourth-order valence-electron chi connectivity index (χ4n) is 4.58. The van der Waals surface area contributed by atoms with Crippen molar-refractivity contribution in [3.05, 3.63) is 113 Å². The number of aliphatic hydroxyl groups excluding tert-OH is 1. The molecule has 6 N–H and O–H groups in total. The van der Waals surface area contributed by atoms with Gasteiger partial charge >= 0.3 is 0 Å². The molecule has 0 aromatic heterocycles. The lowest BCUT2D eigenvalue weighted by Gasteiger charge is -2.18. The van der Waals surface area contributed by atoms with E-state index in [0.717, 1.165) is 27.8 Å². The number of hydrogen-bond acceptors (Lipinski definition) is 6. The molecule has 0 bridgehead atoms. The zero-order chi connectivity index (χ0) is 29.2. The van der Waals surface area contributed by atoms with Crippen molar-refractivity contribution < 1.29 is 24.9 Å². The number of aromatic hydroxyl groups is 2. The fourth-order valence-corrected chi connectivity index (χ4v) is 4.58. The molecule has 0 aliphatic carbocycles. The highest BCUT2D eigenvalue weighted by atomic mass is 16.3. The van der Waals surface area contributed by atoms with Crippen LogP contribution in [0.25, 0.3) is 11.1 Å². The van der Waals surface area contributed by atoms with E-state index in [9.17, 15) is 24.9 Å². The average molecular weight is 554 g/mol. The summed E-state index contributed by atoms with van der Waals surface area (Å²) in [4.78, 5) is 23.3. The Morgan fingerprint density at radius 3 is 2.24 bits per heavy atom. The van der Waals surface area contributed by atoms with Crippen molar-refractivity contribution in [2.24, 2.45) is 0 Å². The molecular formula is C33H35N3O5. The highest BCUT2D eigenvalue weighted by Crippen LogP contribution is 2.26. The van der Waals surface area contributed by atoms with Gasteiger partial charge in [0.25, 0.3) is 0 Å². The topological polar surface area (TPSA) is 131 Å². The van der Waals surface area contributed by atoms with Crippen molar-refractivity contribution in [1.82, 2.24) is 10.6 Å². The molecule has 0 aliphatic rings. The number of carbonyl (C=O) groups excluding carboxylic acids is 2. The van der Waals surface area contributed by atoms with Gasteiger partial charge in [-0.15, -0.1) is 0 Å². The first-order valence-corrected chi connectivity index (χ1v) is 13.5. The molecule has 0 unspecified atom stereocenters. The van der Waals surface area contributed by atoms with Crippen LogP contribution in [0.5, 0.6) is 11.5 Å². The SMILES string of the molecule is C[C@H](Cc1cccc(CC(=O)NCc2ccc(-c3ccc(O)cc3)cc2)c1)NC[C@@H](O)c1ccc(O)c(NC=O)c1. The van der Waals surface area contributed by atoms with Crippen LogP contribution >= 0.6 is 0 Å². The third-order valence-electron chi connectivity index (χ3n) is 6.82. The second kappa shape index (κ2) is 14.1. The summed E-state index contributed by atoms with van der Waals surface area (Å²) in [5.41, 5.74) is 5.88. The predicted octanol–water partition coefficient (Wildman–Crippen LogP) is 4.45. The van der Waals surface area contributed by atoms with Crippen molar-refractivity contribution in [3.8, 4) is 22.6 Å². The molecule has 4 aromatic carbocycles. The monoisotopic (exact) mass is 553 g/mol. The number of phenolic OH excluding ortho intramolecular Hbond substituents is 2. The number of rotatable bonds is 13. The summed E-state index contributed by atoms with van der Waals surface area (Å²) in [6, 6.07) is 27.6. The van der Waals surface area contributed by atoms with Crippen LogP contribution in [-0.4, -0.2) is 40.2 Å². The zero-order valence-electron chi connectivity index (χ0n) is 22.9. The van der Waals surface area contributed by atoms with Gasteiger partial charge in [-0.05, 0) is 71.0 Å². The van der Waals surface area contributed by atoms with Crippen LogP contribution in [0.4, 0.5) is 5.69 Å². The van der Waals surface area contributed by atoms with E-state index >= 15 is 0 Å². The first kappa shape index (κ1) is 29.3. The lowest BCUT2D eigenvalue weighted by molar-refractivity contribution is -0.120. The Balaban J connectivity index is 1.23. The molecule has 0 fully saturated rings. The highest BCUT2D eigenvalue weighted by molar-refractivity contribution is 5.78. The number of phenols is 2. The van der Waals surface area contributed by atoms with Crippen LogP contribution in [0, 0.1) is 0 Å². The lowest BCUT2D eigenvalue weighted by atomic mass is 10.0. The standard InChI is InChI=1S/C33H35N3O5/c1-22(34-20-32(40)28-11-14-31(39)30(18-28)36-21-37)15-24-3-2-4-25(16-24)17-33(41)35-19-23-5-7-26(8-6-23)27-9-12-29(38)13-10-27/h2-14,16,18,21-22,32,34,38-40H,15,17,19-20H2,1H3,(H,35,41)(H,36,37)/t22-,32-/m1/s1. The highest BCUT2D eigenvalue weighted by Gasteiger charge is 2.13. The Kier molecular flexibility index (Phi) is 10.1. The van der Waals surface area contributed by atoms with Crippen molar-refractivity contribution in [3.63, 3.8) is 0 Å². The zero-order valence-corrected chi connectivity index (χ0v) is 22.9. The summed E-state index contributed by atoms with van der Waals surface area (Å²) in [6.07, 6.45) is 0.646. The quantitative estimate of drug-likeness (QED) is 0.107. The first-order chi connectivity index (χ1) is 19.8. The summed E-state index contributed by atoms with van der Waals surface area (Å²) < 4.78 is 0. The maximum absolute atomic E-state index is 12.6. The minimum atomic E-state index is -0.815.